The molecule has 0 aliphatic heterocycles. The number of aromatic nitrogens is 3. The maximum atomic E-state index is 12.2. The molecule has 1 N–H and O–H groups in total. The molecule has 0 atom stereocenters. The number of urea groups is 1. The van der Waals surface area contributed by atoms with Crippen LogP contribution in [0.2, 0.25) is 0 Å². The van der Waals surface area contributed by atoms with Crippen molar-refractivity contribution in [2.45, 2.75) is 20.4 Å². The first-order valence-electron chi connectivity index (χ1n) is 7.74. The second kappa shape index (κ2) is 7.62. The lowest BCUT2D eigenvalue weighted by Gasteiger charge is -2.20. The van der Waals surface area contributed by atoms with Gasteiger partial charge in [0.25, 0.3) is 0 Å². The van der Waals surface area contributed by atoms with E-state index >= 15 is 0 Å². The van der Waals surface area contributed by atoms with Crippen LogP contribution in [0.3, 0.4) is 0 Å². The largest absolute Gasteiger partial charge is 0.357 e. The van der Waals surface area contributed by atoms with Crippen LogP contribution in [0.15, 0.2) is 30.7 Å². The molecule has 0 aromatic carbocycles. The van der Waals surface area contributed by atoms with E-state index in [1.807, 2.05) is 25.4 Å². The maximum Gasteiger partial charge on any atom is 0.321 e. The third-order valence-corrected chi connectivity index (χ3v) is 3.61. The van der Waals surface area contributed by atoms with Crippen LogP contribution in [-0.4, -0.2) is 45.8 Å². The van der Waals surface area contributed by atoms with E-state index in [4.69, 9.17) is 0 Å². The smallest absolute Gasteiger partial charge is 0.321 e. The summed E-state index contributed by atoms with van der Waals surface area (Å²) in [5.41, 5.74) is 1.67. The number of nitrogens with zero attached hydrogens (tertiary/aromatic N) is 5. The van der Waals surface area contributed by atoms with Gasteiger partial charge in [-0.05, 0) is 26.0 Å². The van der Waals surface area contributed by atoms with E-state index < -0.39 is 0 Å². The van der Waals surface area contributed by atoms with E-state index in [2.05, 4.69) is 34.1 Å². The van der Waals surface area contributed by atoms with Crippen molar-refractivity contribution in [2.75, 3.05) is 30.4 Å². The van der Waals surface area contributed by atoms with Gasteiger partial charge < -0.3 is 15.1 Å². The molecule has 7 heteroatoms. The van der Waals surface area contributed by atoms with Crippen molar-refractivity contribution in [3.8, 4) is 0 Å². The Kier molecular flexibility index (Phi) is 5.56. The summed E-state index contributed by atoms with van der Waals surface area (Å²) >= 11 is 0. The highest BCUT2D eigenvalue weighted by Crippen LogP contribution is 2.14. The molecule has 0 saturated heterocycles. The molecule has 0 bridgehead atoms. The molecule has 0 spiro atoms. The number of carbonyl (C=O) groups is 1. The first-order chi connectivity index (χ1) is 11.0. The molecule has 2 aromatic heterocycles. The first kappa shape index (κ1) is 16.8. The molecule has 0 radical (unpaired) electrons. The third kappa shape index (κ3) is 4.45. The summed E-state index contributed by atoms with van der Waals surface area (Å²) in [7, 11) is 3.60. The fourth-order valence-electron chi connectivity index (χ4n) is 2.31. The van der Waals surface area contributed by atoms with Gasteiger partial charge in [0.2, 0.25) is 0 Å². The van der Waals surface area contributed by atoms with E-state index in [-0.39, 0.29) is 6.03 Å². The zero-order valence-electron chi connectivity index (χ0n) is 14.2. The number of anilines is 2. The number of nitrogens with one attached hydrogen (secondary N) is 1. The summed E-state index contributed by atoms with van der Waals surface area (Å²) in [5.74, 6) is 0.914. The van der Waals surface area contributed by atoms with E-state index in [1.165, 1.54) is 0 Å². The lowest BCUT2D eigenvalue weighted by molar-refractivity contribution is 0.220. The van der Waals surface area contributed by atoms with Gasteiger partial charge in [-0.15, -0.1) is 0 Å². The third-order valence-electron chi connectivity index (χ3n) is 3.61. The van der Waals surface area contributed by atoms with Crippen molar-refractivity contribution in [1.29, 1.82) is 0 Å². The van der Waals surface area contributed by atoms with Gasteiger partial charge in [-0.25, -0.2) is 9.78 Å². The SMILES string of the molecule is CCN(CC)c1ccc(NC(=O)N(C)Cc2cnn(C)c2)cn1. The molecule has 7 nitrogen and oxygen atoms in total. The van der Waals surface area contributed by atoms with Gasteiger partial charge >= 0.3 is 6.03 Å². The normalized spacial score (nSPS) is 10.4. The Balaban J connectivity index is 1.94. The molecule has 0 saturated carbocycles. The van der Waals surface area contributed by atoms with E-state index in [0.29, 0.717) is 12.2 Å². The van der Waals surface area contributed by atoms with Crippen LogP contribution in [0.25, 0.3) is 0 Å². The van der Waals surface area contributed by atoms with Gasteiger partial charge in [-0.3, -0.25) is 4.68 Å². The molecule has 0 fully saturated rings. The predicted molar refractivity (Wildman–Crippen MR) is 91.5 cm³/mol. The van der Waals surface area contributed by atoms with Crippen LogP contribution in [0.1, 0.15) is 19.4 Å². The van der Waals surface area contributed by atoms with Crippen LogP contribution in [-0.2, 0) is 13.6 Å². The topological polar surface area (TPSA) is 66.3 Å². The molecule has 124 valence electrons. The lowest BCUT2D eigenvalue weighted by atomic mass is 10.3. The highest BCUT2D eigenvalue weighted by atomic mass is 16.2. The fraction of sp³-hybridized carbons (Fsp3) is 0.438. The Morgan fingerprint density at radius 1 is 1.26 bits per heavy atom. The summed E-state index contributed by atoms with van der Waals surface area (Å²) < 4.78 is 1.72. The standard InChI is InChI=1S/C16H24N6O/c1-5-22(6-2)15-8-7-14(10-17-15)19-16(23)20(3)11-13-9-18-21(4)12-13/h7-10,12H,5-6,11H2,1-4H3,(H,19,23). The molecule has 2 rings (SSSR count). The molecular weight excluding hydrogens is 292 g/mol. The van der Waals surface area contributed by atoms with Gasteiger partial charge in [-0.2, -0.15) is 5.10 Å². The Morgan fingerprint density at radius 2 is 2.00 bits per heavy atom. The van der Waals surface area contributed by atoms with Crippen molar-refractivity contribution >= 4 is 17.5 Å². The number of hydrogen-bond donors (Lipinski definition) is 1. The van der Waals surface area contributed by atoms with Gasteiger partial charge in [-0.1, -0.05) is 0 Å². The summed E-state index contributed by atoms with van der Waals surface area (Å²) in [6.45, 7) is 6.50. The summed E-state index contributed by atoms with van der Waals surface area (Å²) in [5, 5.41) is 6.95. The van der Waals surface area contributed by atoms with E-state index in [9.17, 15) is 4.79 Å². The molecule has 0 aliphatic carbocycles. The fourth-order valence-corrected chi connectivity index (χ4v) is 2.31. The summed E-state index contributed by atoms with van der Waals surface area (Å²) in [6, 6.07) is 3.62. The molecule has 23 heavy (non-hydrogen) atoms. The average Bonchev–Trinajstić information content (AvgIpc) is 2.95. The zero-order valence-corrected chi connectivity index (χ0v) is 14.2. The van der Waals surface area contributed by atoms with Crippen molar-refractivity contribution in [1.82, 2.24) is 19.7 Å². The van der Waals surface area contributed by atoms with E-state index in [0.717, 1.165) is 24.5 Å². The molecule has 2 aromatic rings. The quantitative estimate of drug-likeness (QED) is 0.888. The van der Waals surface area contributed by atoms with E-state index in [1.54, 1.807) is 29.0 Å². The second-order valence-electron chi connectivity index (χ2n) is 5.39. The van der Waals surface area contributed by atoms with Gasteiger partial charge in [0.1, 0.15) is 5.82 Å². The Morgan fingerprint density at radius 3 is 2.52 bits per heavy atom. The molecule has 2 amide bonds. The highest BCUT2D eigenvalue weighted by molar-refractivity contribution is 5.89. The van der Waals surface area contributed by atoms with Gasteiger partial charge in [0.05, 0.1) is 24.6 Å². The monoisotopic (exact) mass is 316 g/mol. The number of aryl methyl sites for hydroxylation is 1. The van der Waals surface area contributed by atoms with Crippen molar-refractivity contribution in [3.05, 3.63) is 36.3 Å². The predicted octanol–water partition coefficient (Wildman–Crippen LogP) is 2.33. The van der Waals surface area contributed by atoms with Crippen LogP contribution >= 0.6 is 0 Å². The van der Waals surface area contributed by atoms with Crippen LogP contribution in [0.5, 0.6) is 0 Å². The minimum absolute atomic E-state index is 0.175. The van der Waals surface area contributed by atoms with Crippen molar-refractivity contribution in [3.63, 3.8) is 0 Å². The second-order valence-corrected chi connectivity index (χ2v) is 5.39. The highest BCUT2D eigenvalue weighted by Gasteiger charge is 2.11. The van der Waals surface area contributed by atoms with Gasteiger partial charge in [0.15, 0.2) is 0 Å². The minimum Gasteiger partial charge on any atom is -0.357 e. The number of pyridine rings is 1. The summed E-state index contributed by atoms with van der Waals surface area (Å²) in [4.78, 5) is 20.4. The zero-order chi connectivity index (χ0) is 16.8. The molecule has 2 heterocycles. The average molecular weight is 316 g/mol. The van der Waals surface area contributed by atoms with Crippen LogP contribution in [0, 0.1) is 0 Å². The molecular formula is C16H24N6O. The molecule has 0 aliphatic rings. The number of carbonyl (C=O) groups excluding carboxylic acids is 1. The maximum absolute atomic E-state index is 12.2. The number of hydrogen-bond acceptors (Lipinski definition) is 4. The van der Waals surface area contributed by atoms with Crippen molar-refractivity contribution in [2.24, 2.45) is 7.05 Å². The first-order valence-corrected chi connectivity index (χ1v) is 7.74. The van der Waals surface area contributed by atoms with Gasteiger partial charge in [0, 0.05) is 38.9 Å². The van der Waals surface area contributed by atoms with Crippen molar-refractivity contribution < 1.29 is 4.79 Å². The van der Waals surface area contributed by atoms with Crippen LogP contribution in [0.4, 0.5) is 16.3 Å². The number of amides is 2. The molecule has 0 unspecified atom stereocenters. The Hall–Kier alpha value is -2.57. The Labute approximate surface area is 136 Å². The minimum atomic E-state index is -0.175. The Bertz CT molecular complexity index is 632. The summed E-state index contributed by atoms with van der Waals surface area (Å²) in [6.07, 6.45) is 5.33. The lowest BCUT2D eigenvalue weighted by Crippen LogP contribution is -2.30. The number of rotatable bonds is 6. The van der Waals surface area contributed by atoms with Crippen LogP contribution < -0.4 is 10.2 Å².